The number of nitrogens with one attached hydrogen (secondary N) is 1. The van der Waals surface area contributed by atoms with E-state index >= 15 is 0 Å². The molecule has 0 radical (unpaired) electrons. The van der Waals surface area contributed by atoms with Crippen LogP contribution < -0.4 is 15.2 Å². The molecule has 6 nitrogen and oxygen atoms in total. The molecule has 0 saturated heterocycles. The molecule has 2 aromatic rings. The molecule has 2 rings (SSSR count). The number of ether oxygens (including phenoxy) is 1. The van der Waals surface area contributed by atoms with Gasteiger partial charge in [-0.15, -0.1) is 0 Å². The summed E-state index contributed by atoms with van der Waals surface area (Å²) in [5, 5.41) is 0. The summed E-state index contributed by atoms with van der Waals surface area (Å²) >= 11 is 0. The summed E-state index contributed by atoms with van der Waals surface area (Å²) in [5.41, 5.74) is 6.18. The maximum absolute atomic E-state index is 12.2. The second-order valence-electron chi connectivity index (χ2n) is 4.56. The summed E-state index contributed by atoms with van der Waals surface area (Å²) in [7, 11) is -2.09. The maximum atomic E-state index is 12.2. The molecule has 22 heavy (non-hydrogen) atoms. The van der Waals surface area contributed by atoms with Crippen molar-refractivity contribution in [3.05, 3.63) is 59.7 Å². The van der Waals surface area contributed by atoms with Gasteiger partial charge in [-0.05, 0) is 42.0 Å². The molecule has 0 spiro atoms. The van der Waals surface area contributed by atoms with E-state index in [2.05, 4.69) is 4.72 Å². The Kier molecular flexibility index (Phi) is 4.79. The van der Waals surface area contributed by atoms with Gasteiger partial charge >= 0.3 is 0 Å². The van der Waals surface area contributed by atoms with Crippen molar-refractivity contribution < 1.29 is 17.9 Å². The molecule has 0 aliphatic heterocycles. The third kappa shape index (κ3) is 3.84. The molecular weight excluding hydrogens is 304 g/mol. The predicted molar refractivity (Wildman–Crippen MR) is 82.0 cm³/mol. The van der Waals surface area contributed by atoms with Crippen molar-refractivity contribution in [1.29, 1.82) is 0 Å². The van der Waals surface area contributed by atoms with Crippen LogP contribution in [0.15, 0.2) is 53.4 Å². The number of sulfonamides is 1. The highest BCUT2D eigenvalue weighted by atomic mass is 32.2. The highest BCUT2D eigenvalue weighted by molar-refractivity contribution is 7.89. The van der Waals surface area contributed by atoms with Gasteiger partial charge in [0.2, 0.25) is 15.9 Å². The molecule has 0 aromatic heterocycles. The van der Waals surface area contributed by atoms with Crippen LogP contribution in [0.5, 0.6) is 5.75 Å². The lowest BCUT2D eigenvalue weighted by Crippen LogP contribution is -2.23. The van der Waals surface area contributed by atoms with Crippen molar-refractivity contribution in [2.24, 2.45) is 5.73 Å². The van der Waals surface area contributed by atoms with Gasteiger partial charge in [0.1, 0.15) is 5.75 Å². The van der Waals surface area contributed by atoms with Crippen molar-refractivity contribution in [2.45, 2.75) is 11.4 Å². The summed E-state index contributed by atoms with van der Waals surface area (Å²) in [6.07, 6.45) is 0. The summed E-state index contributed by atoms with van der Waals surface area (Å²) in [5.74, 6) is 0.101. The summed E-state index contributed by atoms with van der Waals surface area (Å²) in [6.45, 7) is 0.157. The van der Waals surface area contributed by atoms with E-state index in [0.717, 1.165) is 5.56 Å². The zero-order chi connectivity index (χ0) is 16.2. The minimum Gasteiger partial charge on any atom is -0.497 e. The van der Waals surface area contributed by atoms with Crippen LogP contribution in [0, 0.1) is 0 Å². The molecular formula is C15H16N2O4S. The van der Waals surface area contributed by atoms with Crippen LogP contribution in [0.1, 0.15) is 15.9 Å². The molecule has 3 N–H and O–H groups in total. The number of hydrogen-bond donors (Lipinski definition) is 2. The van der Waals surface area contributed by atoms with E-state index in [1.54, 1.807) is 31.4 Å². The second-order valence-corrected chi connectivity index (χ2v) is 6.33. The summed E-state index contributed by atoms with van der Waals surface area (Å²) in [4.78, 5) is 11.0. The first-order valence-corrected chi connectivity index (χ1v) is 7.93. The third-order valence-electron chi connectivity index (χ3n) is 3.07. The molecule has 0 unspecified atom stereocenters. The fourth-order valence-corrected chi connectivity index (χ4v) is 2.82. The van der Waals surface area contributed by atoms with E-state index in [0.29, 0.717) is 5.75 Å². The van der Waals surface area contributed by atoms with E-state index in [1.807, 2.05) is 0 Å². The SMILES string of the molecule is COc1ccc(CNS(=O)(=O)c2ccc(C(N)=O)cc2)cc1. The molecule has 0 bridgehead atoms. The Labute approximate surface area is 129 Å². The zero-order valence-electron chi connectivity index (χ0n) is 11.9. The molecule has 1 amide bonds. The number of benzene rings is 2. The van der Waals surface area contributed by atoms with Gasteiger partial charge in [0, 0.05) is 12.1 Å². The lowest BCUT2D eigenvalue weighted by atomic mass is 10.2. The number of primary amides is 1. The monoisotopic (exact) mass is 320 g/mol. The fourth-order valence-electron chi connectivity index (χ4n) is 1.80. The van der Waals surface area contributed by atoms with E-state index < -0.39 is 15.9 Å². The van der Waals surface area contributed by atoms with Crippen LogP contribution in [0.2, 0.25) is 0 Å². The Morgan fingerprint density at radius 1 is 1.09 bits per heavy atom. The topological polar surface area (TPSA) is 98.5 Å². The first kappa shape index (κ1) is 16.0. The van der Waals surface area contributed by atoms with Crippen LogP contribution in [-0.2, 0) is 16.6 Å². The highest BCUT2D eigenvalue weighted by Gasteiger charge is 2.14. The number of rotatable bonds is 6. The Morgan fingerprint density at radius 3 is 2.18 bits per heavy atom. The average molecular weight is 320 g/mol. The molecule has 0 atom stereocenters. The minimum absolute atomic E-state index is 0.0750. The Morgan fingerprint density at radius 2 is 1.68 bits per heavy atom. The van der Waals surface area contributed by atoms with Crippen molar-refractivity contribution in [3.63, 3.8) is 0 Å². The fraction of sp³-hybridized carbons (Fsp3) is 0.133. The number of carbonyl (C=O) groups excluding carboxylic acids is 1. The predicted octanol–water partition coefficient (Wildman–Crippen LogP) is 1.27. The molecule has 7 heteroatoms. The minimum atomic E-state index is -3.65. The van der Waals surface area contributed by atoms with E-state index in [9.17, 15) is 13.2 Å². The molecule has 116 valence electrons. The lowest BCUT2D eigenvalue weighted by molar-refractivity contribution is 0.1000. The van der Waals surface area contributed by atoms with Gasteiger partial charge in [0.15, 0.2) is 0 Å². The summed E-state index contributed by atoms with van der Waals surface area (Å²) in [6, 6.07) is 12.5. The number of methoxy groups -OCH3 is 1. The smallest absolute Gasteiger partial charge is 0.248 e. The van der Waals surface area contributed by atoms with Gasteiger partial charge in [0.25, 0.3) is 0 Å². The Bertz CT molecular complexity index is 753. The van der Waals surface area contributed by atoms with Gasteiger partial charge in [-0.1, -0.05) is 12.1 Å². The van der Waals surface area contributed by atoms with Gasteiger partial charge in [-0.3, -0.25) is 4.79 Å². The van der Waals surface area contributed by atoms with Crippen LogP contribution in [0.25, 0.3) is 0 Å². The normalized spacial score (nSPS) is 11.1. The first-order chi connectivity index (χ1) is 10.4. The van der Waals surface area contributed by atoms with Crippen molar-refractivity contribution in [3.8, 4) is 5.75 Å². The molecule has 0 fully saturated rings. The van der Waals surface area contributed by atoms with Gasteiger partial charge < -0.3 is 10.5 Å². The molecule has 2 aromatic carbocycles. The van der Waals surface area contributed by atoms with Crippen molar-refractivity contribution in [2.75, 3.05) is 7.11 Å². The zero-order valence-corrected chi connectivity index (χ0v) is 12.8. The average Bonchev–Trinajstić information content (AvgIpc) is 2.53. The Hall–Kier alpha value is -2.38. The number of amides is 1. The van der Waals surface area contributed by atoms with Crippen molar-refractivity contribution >= 4 is 15.9 Å². The van der Waals surface area contributed by atoms with E-state index in [4.69, 9.17) is 10.5 Å². The molecule has 0 heterocycles. The van der Waals surface area contributed by atoms with Gasteiger partial charge in [-0.2, -0.15) is 0 Å². The molecule has 0 saturated carbocycles. The third-order valence-corrected chi connectivity index (χ3v) is 4.49. The Balaban J connectivity index is 2.08. The first-order valence-electron chi connectivity index (χ1n) is 6.45. The lowest BCUT2D eigenvalue weighted by Gasteiger charge is -2.08. The van der Waals surface area contributed by atoms with Crippen LogP contribution >= 0.6 is 0 Å². The second kappa shape index (κ2) is 6.59. The van der Waals surface area contributed by atoms with E-state index in [-0.39, 0.29) is 17.0 Å². The van der Waals surface area contributed by atoms with Gasteiger partial charge in [-0.25, -0.2) is 13.1 Å². The quantitative estimate of drug-likeness (QED) is 0.837. The van der Waals surface area contributed by atoms with E-state index in [1.165, 1.54) is 24.3 Å². The maximum Gasteiger partial charge on any atom is 0.248 e. The largest absolute Gasteiger partial charge is 0.497 e. The number of carbonyl (C=O) groups is 1. The standard InChI is InChI=1S/C15H16N2O4S/c1-21-13-6-2-11(3-7-13)10-17-22(19,20)14-8-4-12(5-9-14)15(16)18/h2-9,17H,10H2,1H3,(H2,16,18). The van der Waals surface area contributed by atoms with Crippen LogP contribution in [-0.4, -0.2) is 21.4 Å². The summed E-state index contributed by atoms with van der Waals surface area (Å²) < 4.78 is 31.8. The van der Waals surface area contributed by atoms with Crippen LogP contribution in [0.3, 0.4) is 0 Å². The molecule has 0 aliphatic rings. The number of nitrogens with two attached hydrogens (primary N) is 1. The molecule has 0 aliphatic carbocycles. The highest BCUT2D eigenvalue weighted by Crippen LogP contribution is 2.13. The number of hydrogen-bond acceptors (Lipinski definition) is 4. The van der Waals surface area contributed by atoms with Crippen molar-refractivity contribution in [1.82, 2.24) is 4.72 Å². The van der Waals surface area contributed by atoms with Crippen LogP contribution in [0.4, 0.5) is 0 Å². The van der Waals surface area contributed by atoms with Gasteiger partial charge in [0.05, 0.1) is 12.0 Å².